The second-order valence-corrected chi connectivity index (χ2v) is 4.60. The predicted molar refractivity (Wildman–Crippen MR) is 70.7 cm³/mol. The van der Waals surface area contributed by atoms with Crippen LogP contribution in [0, 0.1) is 0 Å². The Morgan fingerprint density at radius 1 is 1.47 bits per heavy atom. The second kappa shape index (κ2) is 6.54. The molecule has 0 saturated carbocycles. The van der Waals surface area contributed by atoms with Gasteiger partial charge in [0, 0.05) is 19.2 Å². The van der Waals surface area contributed by atoms with Gasteiger partial charge in [-0.1, -0.05) is 0 Å². The Morgan fingerprint density at radius 2 is 2.21 bits per heavy atom. The molecule has 1 aromatic rings. The monoisotopic (exact) mass is 265 g/mol. The molecule has 0 aromatic heterocycles. The highest BCUT2D eigenvalue weighted by molar-refractivity contribution is 5.87. The van der Waals surface area contributed by atoms with Crippen molar-refractivity contribution < 1.29 is 19.4 Å². The highest BCUT2D eigenvalue weighted by Gasteiger charge is 2.22. The van der Waals surface area contributed by atoms with Gasteiger partial charge in [0.1, 0.15) is 12.4 Å². The van der Waals surface area contributed by atoms with E-state index in [0.717, 1.165) is 19.6 Å². The SMILES string of the molecule is CC1OCCC1NCCOc1ccc(C(=O)O)cc1. The number of aromatic carboxylic acids is 1. The van der Waals surface area contributed by atoms with Crippen molar-refractivity contribution in [2.45, 2.75) is 25.5 Å². The number of carboxylic acid groups (broad SMARTS) is 1. The Labute approximate surface area is 112 Å². The standard InChI is InChI=1S/C14H19NO4/c1-10-13(6-8-18-10)15-7-9-19-12-4-2-11(3-5-12)14(16)17/h2-5,10,13,15H,6-9H2,1H3,(H,16,17). The number of benzene rings is 1. The first-order valence-electron chi connectivity index (χ1n) is 6.48. The number of rotatable bonds is 6. The van der Waals surface area contributed by atoms with E-state index in [1.807, 2.05) is 0 Å². The zero-order chi connectivity index (χ0) is 13.7. The van der Waals surface area contributed by atoms with Crippen LogP contribution in [0.1, 0.15) is 23.7 Å². The van der Waals surface area contributed by atoms with E-state index >= 15 is 0 Å². The first kappa shape index (κ1) is 13.8. The van der Waals surface area contributed by atoms with Crippen LogP contribution in [0.2, 0.25) is 0 Å². The van der Waals surface area contributed by atoms with Crippen LogP contribution >= 0.6 is 0 Å². The van der Waals surface area contributed by atoms with Crippen LogP contribution in [0.4, 0.5) is 0 Å². The highest BCUT2D eigenvalue weighted by atomic mass is 16.5. The Hall–Kier alpha value is -1.59. The molecular weight excluding hydrogens is 246 g/mol. The molecule has 1 heterocycles. The number of ether oxygens (including phenoxy) is 2. The van der Waals surface area contributed by atoms with Crippen LogP contribution in [0.15, 0.2) is 24.3 Å². The largest absolute Gasteiger partial charge is 0.492 e. The molecule has 1 fully saturated rings. The molecule has 1 aliphatic rings. The maximum Gasteiger partial charge on any atom is 0.335 e. The number of nitrogens with one attached hydrogen (secondary N) is 1. The summed E-state index contributed by atoms with van der Waals surface area (Å²) >= 11 is 0. The van der Waals surface area contributed by atoms with Crippen molar-refractivity contribution in [1.82, 2.24) is 5.32 Å². The van der Waals surface area contributed by atoms with E-state index in [0.29, 0.717) is 18.4 Å². The van der Waals surface area contributed by atoms with Gasteiger partial charge in [-0.05, 0) is 37.6 Å². The van der Waals surface area contributed by atoms with Crippen LogP contribution in [-0.2, 0) is 4.74 Å². The first-order chi connectivity index (χ1) is 9.16. The molecular formula is C14H19NO4. The van der Waals surface area contributed by atoms with Crippen LogP contribution in [0.5, 0.6) is 5.75 Å². The summed E-state index contributed by atoms with van der Waals surface area (Å²) in [6.45, 7) is 4.18. The van der Waals surface area contributed by atoms with Crippen molar-refractivity contribution in [1.29, 1.82) is 0 Å². The third-order valence-electron chi connectivity index (χ3n) is 3.25. The lowest BCUT2D eigenvalue weighted by Crippen LogP contribution is -2.37. The summed E-state index contributed by atoms with van der Waals surface area (Å²) in [6, 6.07) is 6.82. The zero-order valence-corrected chi connectivity index (χ0v) is 11.0. The van der Waals surface area contributed by atoms with E-state index in [1.54, 1.807) is 12.1 Å². The number of hydrogen-bond donors (Lipinski definition) is 2. The predicted octanol–water partition coefficient (Wildman–Crippen LogP) is 1.53. The minimum atomic E-state index is -0.927. The van der Waals surface area contributed by atoms with E-state index in [-0.39, 0.29) is 11.7 Å². The molecule has 0 bridgehead atoms. The van der Waals surface area contributed by atoms with E-state index in [2.05, 4.69) is 12.2 Å². The third-order valence-corrected chi connectivity index (χ3v) is 3.25. The lowest BCUT2D eigenvalue weighted by molar-refractivity contribution is 0.0697. The molecule has 1 aromatic carbocycles. The normalized spacial score (nSPS) is 22.4. The van der Waals surface area contributed by atoms with E-state index < -0.39 is 5.97 Å². The highest BCUT2D eigenvalue weighted by Crippen LogP contribution is 2.13. The molecule has 0 radical (unpaired) electrons. The maximum absolute atomic E-state index is 10.7. The van der Waals surface area contributed by atoms with Gasteiger partial charge in [0.05, 0.1) is 11.7 Å². The van der Waals surface area contributed by atoms with E-state index in [9.17, 15) is 4.79 Å². The van der Waals surface area contributed by atoms with Gasteiger partial charge in [-0.2, -0.15) is 0 Å². The summed E-state index contributed by atoms with van der Waals surface area (Å²) in [5, 5.41) is 12.2. The van der Waals surface area contributed by atoms with Crippen LogP contribution in [0.25, 0.3) is 0 Å². The van der Waals surface area contributed by atoms with Gasteiger partial charge < -0.3 is 19.9 Å². The Morgan fingerprint density at radius 3 is 2.79 bits per heavy atom. The molecule has 2 atom stereocenters. The minimum Gasteiger partial charge on any atom is -0.492 e. The molecule has 2 rings (SSSR count). The number of carbonyl (C=O) groups is 1. The summed E-state index contributed by atoms with van der Waals surface area (Å²) in [5.74, 6) is -0.244. The van der Waals surface area contributed by atoms with Crippen LogP contribution < -0.4 is 10.1 Å². The fraction of sp³-hybridized carbons (Fsp3) is 0.500. The lowest BCUT2D eigenvalue weighted by Gasteiger charge is -2.16. The summed E-state index contributed by atoms with van der Waals surface area (Å²) < 4.78 is 11.0. The summed E-state index contributed by atoms with van der Waals surface area (Å²) in [6.07, 6.45) is 1.30. The molecule has 5 heteroatoms. The van der Waals surface area contributed by atoms with Gasteiger partial charge in [0.15, 0.2) is 0 Å². The van der Waals surface area contributed by atoms with E-state index in [4.69, 9.17) is 14.6 Å². The number of hydrogen-bond acceptors (Lipinski definition) is 4. The van der Waals surface area contributed by atoms with Gasteiger partial charge in [-0.15, -0.1) is 0 Å². The fourth-order valence-corrected chi connectivity index (χ4v) is 2.11. The fourth-order valence-electron chi connectivity index (χ4n) is 2.11. The van der Waals surface area contributed by atoms with Crippen LogP contribution in [0.3, 0.4) is 0 Å². The third kappa shape index (κ3) is 3.94. The quantitative estimate of drug-likeness (QED) is 0.763. The summed E-state index contributed by atoms with van der Waals surface area (Å²) in [5.41, 5.74) is 0.266. The molecule has 0 amide bonds. The Kier molecular flexibility index (Phi) is 4.76. The molecule has 0 aliphatic carbocycles. The van der Waals surface area contributed by atoms with Gasteiger partial charge in [-0.25, -0.2) is 4.79 Å². The van der Waals surface area contributed by atoms with Crippen molar-refractivity contribution in [2.75, 3.05) is 19.8 Å². The van der Waals surface area contributed by atoms with Crippen molar-refractivity contribution >= 4 is 5.97 Å². The Balaban J connectivity index is 1.69. The van der Waals surface area contributed by atoms with Crippen molar-refractivity contribution in [3.63, 3.8) is 0 Å². The first-order valence-corrected chi connectivity index (χ1v) is 6.48. The molecule has 0 spiro atoms. The topological polar surface area (TPSA) is 67.8 Å². The van der Waals surface area contributed by atoms with Crippen molar-refractivity contribution in [3.05, 3.63) is 29.8 Å². The average Bonchev–Trinajstić information content (AvgIpc) is 2.81. The smallest absolute Gasteiger partial charge is 0.335 e. The average molecular weight is 265 g/mol. The van der Waals surface area contributed by atoms with Gasteiger partial charge >= 0.3 is 5.97 Å². The van der Waals surface area contributed by atoms with Crippen molar-refractivity contribution in [3.8, 4) is 5.75 Å². The lowest BCUT2D eigenvalue weighted by atomic mass is 10.1. The Bertz CT molecular complexity index is 418. The molecule has 1 aliphatic heterocycles. The zero-order valence-electron chi connectivity index (χ0n) is 11.0. The van der Waals surface area contributed by atoms with Crippen LogP contribution in [-0.4, -0.2) is 43.0 Å². The molecule has 104 valence electrons. The molecule has 2 unspecified atom stereocenters. The van der Waals surface area contributed by atoms with Gasteiger partial charge in [0.25, 0.3) is 0 Å². The van der Waals surface area contributed by atoms with E-state index in [1.165, 1.54) is 12.1 Å². The van der Waals surface area contributed by atoms with Crippen molar-refractivity contribution in [2.24, 2.45) is 0 Å². The second-order valence-electron chi connectivity index (χ2n) is 4.60. The number of carboxylic acids is 1. The molecule has 19 heavy (non-hydrogen) atoms. The van der Waals surface area contributed by atoms with Gasteiger partial charge in [0.2, 0.25) is 0 Å². The molecule has 2 N–H and O–H groups in total. The summed E-state index contributed by atoms with van der Waals surface area (Å²) in [7, 11) is 0. The summed E-state index contributed by atoms with van der Waals surface area (Å²) in [4.78, 5) is 10.7. The maximum atomic E-state index is 10.7. The minimum absolute atomic E-state index is 0.259. The van der Waals surface area contributed by atoms with Gasteiger partial charge in [-0.3, -0.25) is 0 Å². The molecule has 1 saturated heterocycles. The molecule has 5 nitrogen and oxygen atoms in total.